The van der Waals surface area contributed by atoms with E-state index in [4.69, 9.17) is 0 Å². The first-order valence-corrected chi connectivity index (χ1v) is 8.81. The summed E-state index contributed by atoms with van der Waals surface area (Å²) in [6, 6.07) is 8.94. The van der Waals surface area contributed by atoms with Gasteiger partial charge in [-0.15, -0.1) is 0 Å². The number of hydrogen-bond acceptors (Lipinski definition) is 1. The fourth-order valence-electron chi connectivity index (χ4n) is 4.02. The molecule has 110 valence electrons. The second kappa shape index (κ2) is 5.81. The van der Waals surface area contributed by atoms with Gasteiger partial charge < -0.3 is 5.32 Å². The lowest BCUT2D eigenvalue weighted by atomic mass is 9.77. The van der Waals surface area contributed by atoms with Crippen molar-refractivity contribution < 1.29 is 0 Å². The van der Waals surface area contributed by atoms with Crippen LogP contribution in [0.15, 0.2) is 28.7 Å². The lowest BCUT2D eigenvalue weighted by molar-refractivity contribution is 0.245. The highest BCUT2D eigenvalue weighted by molar-refractivity contribution is 9.10. The Balaban J connectivity index is 1.65. The molecule has 3 rings (SSSR count). The van der Waals surface area contributed by atoms with Crippen LogP contribution in [0.5, 0.6) is 0 Å². The average Bonchev–Trinajstić information content (AvgIpc) is 3.00. The van der Waals surface area contributed by atoms with Gasteiger partial charge in [-0.25, -0.2) is 0 Å². The van der Waals surface area contributed by atoms with Crippen molar-refractivity contribution in [3.05, 3.63) is 34.3 Å². The molecule has 2 aliphatic carbocycles. The van der Waals surface area contributed by atoms with Crippen LogP contribution in [0.4, 0.5) is 0 Å². The molecule has 2 atom stereocenters. The second-order valence-corrected chi connectivity index (χ2v) is 8.41. The Bertz CT molecular complexity index is 441. The molecule has 2 unspecified atom stereocenters. The summed E-state index contributed by atoms with van der Waals surface area (Å²) in [5.41, 5.74) is 2.02. The SMILES string of the molecule is CC(C)CNCC1(Cc2ccc(Br)cc2)CC2CC2C1. The topological polar surface area (TPSA) is 12.0 Å². The number of benzene rings is 1. The Kier molecular flexibility index (Phi) is 4.24. The van der Waals surface area contributed by atoms with Crippen molar-refractivity contribution in [1.82, 2.24) is 5.32 Å². The zero-order valence-electron chi connectivity index (χ0n) is 12.7. The Morgan fingerprint density at radius 3 is 2.45 bits per heavy atom. The van der Waals surface area contributed by atoms with Crippen LogP contribution in [0.3, 0.4) is 0 Å². The van der Waals surface area contributed by atoms with E-state index >= 15 is 0 Å². The summed E-state index contributed by atoms with van der Waals surface area (Å²) in [5.74, 6) is 2.84. The first-order chi connectivity index (χ1) is 9.56. The molecule has 0 amide bonds. The number of halogens is 1. The van der Waals surface area contributed by atoms with Gasteiger partial charge in [0.2, 0.25) is 0 Å². The van der Waals surface area contributed by atoms with Gasteiger partial charge in [0.05, 0.1) is 0 Å². The molecule has 1 aromatic rings. The molecule has 1 aromatic carbocycles. The van der Waals surface area contributed by atoms with Crippen LogP contribution < -0.4 is 5.32 Å². The standard InChI is InChI=1S/C18H26BrN/c1-13(2)11-20-12-18(9-15-7-16(15)10-18)8-14-3-5-17(19)6-4-14/h3-6,13,15-16,20H,7-12H2,1-2H3. The average molecular weight is 336 g/mol. The zero-order chi connectivity index (χ0) is 14.2. The van der Waals surface area contributed by atoms with Crippen LogP contribution in [0.1, 0.15) is 38.7 Å². The first kappa shape index (κ1) is 14.6. The molecule has 2 fully saturated rings. The van der Waals surface area contributed by atoms with Gasteiger partial charge in [-0.1, -0.05) is 41.9 Å². The zero-order valence-corrected chi connectivity index (χ0v) is 14.2. The van der Waals surface area contributed by atoms with E-state index in [1.54, 1.807) is 0 Å². The van der Waals surface area contributed by atoms with Gasteiger partial charge in [0.1, 0.15) is 0 Å². The molecule has 0 aromatic heterocycles. The maximum atomic E-state index is 3.73. The van der Waals surface area contributed by atoms with E-state index in [9.17, 15) is 0 Å². The van der Waals surface area contributed by atoms with Crippen LogP contribution in [-0.4, -0.2) is 13.1 Å². The predicted octanol–water partition coefficient (Wildman–Crippen LogP) is 4.65. The normalized spacial score (nSPS) is 31.6. The van der Waals surface area contributed by atoms with Gasteiger partial charge in [0.15, 0.2) is 0 Å². The van der Waals surface area contributed by atoms with E-state index in [-0.39, 0.29) is 0 Å². The Labute approximate surface area is 131 Å². The van der Waals surface area contributed by atoms with Gasteiger partial charge in [0, 0.05) is 11.0 Å². The molecule has 1 N–H and O–H groups in total. The molecule has 20 heavy (non-hydrogen) atoms. The quantitative estimate of drug-likeness (QED) is 0.797. The monoisotopic (exact) mass is 335 g/mol. The van der Waals surface area contributed by atoms with Crippen LogP contribution >= 0.6 is 15.9 Å². The van der Waals surface area contributed by atoms with Gasteiger partial charge in [-0.05, 0) is 73.1 Å². The molecule has 0 bridgehead atoms. The van der Waals surface area contributed by atoms with Crippen molar-refractivity contribution >= 4 is 15.9 Å². The van der Waals surface area contributed by atoms with Crippen molar-refractivity contribution in [1.29, 1.82) is 0 Å². The highest BCUT2D eigenvalue weighted by atomic mass is 79.9. The fraction of sp³-hybridized carbons (Fsp3) is 0.667. The lowest BCUT2D eigenvalue weighted by Gasteiger charge is -2.32. The van der Waals surface area contributed by atoms with Crippen molar-refractivity contribution in [2.24, 2.45) is 23.2 Å². The third-order valence-corrected chi connectivity index (χ3v) is 5.53. The van der Waals surface area contributed by atoms with E-state index in [0.29, 0.717) is 5.41 Å². The van der Waals surface area contributed by atoms with Crippen molar-refractivity contribution in [3.63, 3.8) is 0 Å². The predicted molar refractivity (Wildman–Crippen MR) is 88.8 cm³/mol. The molecule has 2 saturated carbocycles. The summed E-state index contributed by atoms with van der Waals surface area (Å²) < 4.78 is 1.18. The summed E-state index contributed by atoms with van der Waals surface area (Å²) >= 11 is 3.53. The minimum Gasteiger partial charge on any atom is -0.316 e. The number of rotatable bonds is 6. The molecule has 0 saturated heterocycles. The van der Waals surface area contributed by atoms with Crippen LogP contribution in [0.2, 0.25) is 0 Å². The minimum atomic E-state index is 0.524. The second-order valence-electron chi connectivity index (χ2n) is 7.49. The molecule has 0 spiro atoms. The van der Waals surface area contributed by atoms with Gasteiger partial charge >= 0.3 is 0 Å². The van der Waals surface area contributed by atoms with Crippen molar-refractivity contribution in [3.8, 4) is 0 Å². The van der Waals surface area contributed by atoms with E-state index in [2.05, 4.69) is 59.4 Å². The summed E-state index contributed by atoms with van der Waals surface area (Å²) in [6.07, 6.45) is 5.64. The van der Waals surface area contributed by atoms with Crippen LogP contribution in [-0.2, 0) is 6.42 Å². The largest absolute Gasteiger partial charge is 0.316 e. The number of nitrogens with one attached hydrogen (secondary N) is 1. The molecule has 0 radical (unpaired) electrons. The molecular formula is C18H26BrN. The maximum Gasteiger partial charge on any atom is 0.0175 e. The Hall–Kier alpha value is -0.340. The summed E-state index contributed by atoms with van der Waals surface area (Å²) in [4.78, 5) is 0. The minimum absolute atomic E-state index is 0.524. The molecule has 2 heteroatoms. The van der Waals surface area contributed by atoms with E-state index < -0.39 is 0 Å². The highest BCUT2D eigenvalue weighted by Gasteiger charge is 2.53. The van der Waals surface area contributed by atoms with E-state index in [1.807, 2.05) is 0 Å². The smallest absolute Gasteiger partial charge is 0.0175 e. The van der Waals surface area contributed by atoms with Gasteiger partial charge in [-0.2, -0.15) is 0 Å². The number of fused-ring (bicyclic) bond motifs is 1. The lowest BCUT2D eigenvalue weighted by Crippen LogP contribution is -2.36. The highest BCUT2D eigenvalue weighted by Crippen LogP contribution is 2.60. The summed E-state index contributed by atoms with van der Waals surface area (Å²) in [6.45, 7) is 6.94. The molecule has 0 heterocycles. The summed E-state index contributed by atoms with van der Waals surface area (Å²) in [5, 5.41) is 3.73. The maximum absolute atomic E-state index is 3.73. The molecule has 2 aliphatic rings. The van der Waals surface area contributed by atoms with Crippen LogP contribution in [0.25, 0.3) is 0 Å². The van der Waals surface area contributed by atoms with E-state index in [0.717, 1.165) is 24.3 Å². The third-order valence-electron chi connectivity index (χ3n) is 5.00. The van der Waals surface area contributed by atoms with Gasteiger partial charge in [-0.3, -0.25) is 0 Å². The van der Waals surface area contributed by atoms with Gasteiger partial charge in [0.25, 0.3) is 0 Å². The van der Waals surface area contributed by atoms with Crippen molar-refractivity contribution in [2.75, 3.05) is 13.1 Å². The van der Waals surface area contributed by atoms with E-state index in [1.165, 1.54) is 42.3 Å². The fourth-order valence-corrected chi connectivity index (χ4v) is 4.28. The Morgan fingerprint density at radius 1 is 1.20 bits per heavy atom. The number of hydrogen-bond donors (Lipinski definition) is 1. The third kappa shape index (κ3) is 3.46. The molecule has 0 aliphatic heterocycles. The van der Waals surface area contributed by atoms with Crippen LogP contribution in [0, 0.1) is 23.2 Å². The summed E-state index contributed by atoms with van der Waals surface area (Å²) in [7, 11) is 0. The molecule has 1 nitrogen and oxygen atoms in total. The first-order valence-electron chi connectivity index (χ1n) is 8.01. The van der Waals surface area contributed by atoms with Crippen molar-refractivity contribution in [2.45, 2.75) is 39.5 Å². The molecular weight excluding hydrogens is 310 g/mol. The Morgan fingerprint density at radius 2 is 1.85 bits per heavy atom.